The highest BCUT2D eigenvalue weighted by Gasteiger charge is 2.23. The zero-order valence-electron chi connectivity index (χ0n) is 15.7. The summed E-state index contributed by atoms with van der Waals surface area (Å²) >= 11 is 1.49. The number of carbonyl (C=O) groups is 1. The van der Waals surface area contributed by atoms with Gasteiger partial charge in [-0.1, -0.05) is 23.5 Å². The van der Waals surface area contributed by atoms with Gasteiger partial charge in [-0.2, -0.15) is 0 Å². The van der Waals surface area contributed by atoms with Crippen LogP contribution in [0.1, 0.15) is 12.5 Å². The molecular weight excluding hydrogens is 377 g/mol. The summed E-state index contributed by atoms with van der Waals surface area (Å²) < 4.78 is 19.7. The van der Waals surface area contributed by atoms with E-state index in [1.54, 1.807) is 6.07 Å². The van der Waals surface area contributed by atoms with E-state index < -0.39 is 0 Å². The lowest BCUT2D eigenvalue weighted by atomic mass is 10.1. The molecule has 0 N–H and O–H groups in total. The maximum Gasteiger partial charge on any atom is 0.227 e. The number of halogens is 1. The Kier molecular flexibility index (Phi) is 5.43. The monoisotopic (exact) mass is 399 g/mol. The minimum Gasteiger partial charge on any atom is -0.494 e. The van der Waals surface area contributed by atoms with Crippen LogP contribution < -0.4 is 9.64 Å². The van der Waals surface area contributed by atoms with E-state index >= 15 is 0 Å². The average Bonchev–Trinajstić information content (AvgIpc) is 3.13. The van der Waals surface area contributed by atoms with Gasteiger partial charge in [0.1, 0.15) is 11.6 Å². The summed E-state index contributed by atoms with van der Waals surface area (Å²) in [6, 6.07) is 12.4. The fourth-order valence-electron chi connectivity index (χ4n) is 3.33. The molecule has 4 rings (SSSR count). The van der Waals surface area contributed by atoms with Crippen molar-refractivity contribution in [3.63, 3.8) is 0 Å². The quantitative estimate of drug-likeness (QED) is 0.656. The molecule has 1 aliphatic heterocycles. The van der Waals surface area contributed by atoms with Gasteiger partial charge in [0.05, 0.1) is 23.2 Å². The van der Waals surface area contributed by atoms with Crippen LogP contribution in [-0.2, 0) is 11.2 Å². The highest BCUT2D eigenvalue weighted by atomic mass is 32.1. The SMILES string of the molecule is CCOc1ccc(CC(=O)N2CCN(c3nc4ccc(F)cc4s3)CC2)cc1. The van der Waals surface area contributed by atoms with Crippen molar-refractivity contribution in [1.82, 2.24) is 9.88 Å². The Morgan fingerprint density at radius 1 is 1.14 bits per heavy atom. The molecule has 0 saturated carbocycles. The Hall–Kier alpha value is -2.67. The van der Waals surface area contributed by atoms with Crippen molar-refractivity contribution in [2.45, 2.75) is 13.3 Å². The summed E-state index contributed by atoms with van der Waals surface area (Å²) in [5.41, 5.74) is 1.81. The van der Waals surface area contributed by atoms with Gasteiger partial charge < -0.3 is 14.5 Å². The normalized spacial score (nSPS) is 14.5. The molecule has 3 aromatic rings. The van der Waals surface area contributed by atoms with Gasteiger partial charge in [0.25, 0.3) is 0 Å². The van der Waals surface area contributed by atoms with Gasteiger partial charge in [0, 0.05) is 26.2 Å². The zero-order chi connectivity index (χ0) is 19.5. The van der Waals surface area contributed by atoms with E-state index in [1.807, 2.05) is 36.1 Å². The lowest BCUT2D eigenvalue weighted by Crippen LogP contribution is -2.49. The molecule has 0 bridgehead atoms. The molecule has 1 amide bonds. The van der Waals surface area contributed by atoms with Gasteiger partial charge in [-0.15, -0.1) is 0 Å². The lowest BCUT2D eigenvalue weighted by molar-refractivity contribution is -0.130. The van der Waals surface area contributed by atoms with Crippen LogP contribution in [0.3, 0.4) is 0 Å². The molecule has 7 heteroatoms. The second-order valence-electron chi connectivity index (χ2n) is 6.73. The molecular formula is C21H22FN3O2S. The molecule has 0 spiro atoms. The van der Waals surface area contributed by atoms with Gasteiger partial charge in [0.2, 0.25) is 5.91 Å². The fraction of sp³-hybridized carbons (Fsp3) is 0.333. The molecule has 1 saturated heterocycles. The van der Waals surface area contributed by atoms with E-state index in [0.717, 1.165) is 39.8 Å². The number of fused-ring (bicyclic) bond motifs is 1. The summed E-state index contributed by atoms with van der Waals surface area (Å²) in [5.74, 6) is 0.714. The number of carbonyl (C=O) groups excluding carboxylic acids is 1. The first-order chi connectivity index (χ1) is 13.6. The molecule has 1 aromatic heterocycles. The first-order valence-electron chi connectivity index (χ1n) is 9.43. The van der Waals surface area contributed by atoms with Crippen molar-refractivity contribution in [3.8, 4) is 5.75 Å². The Balaban J connectivity index is 1.34. The number of amides is 1. The molecule has 0 aliphatic carbocycles. The largest absolute Gasteiger partial charge is 0.494 e. The third-order valence-corrected chi connectivity index (χ3v) is 5.91. The Bertz CT molecular complexity index is 965. The standard InChI is InChI=1S/C21H22FN3O2S/c1-2-27-17-6-3-15(4-7-17)13-20(26)24-9-11-25(12-10-24)21-23-18-8-5-16(22)14-19(18)28-21/h3-8,14H,2,9-13H2,1H3. The number of thiazole rings is 1. The van der Waals surface area contributed by atoms with E-state index in [0.29, 0.717) is 26.1 Å². The molecule has 0 radical (unpaired) electrons. The summed E-state index contributed by atoms with van der Waals surface area (Å²) in [4.78, 5) is 21.3. The lowest BCUT2D eigenvalue weighted by Gasteiger charge is -2.34. The molecule has 28 heavy (non-hydrogen) atoms. The number of aromatic nitrogens is 1. The molecule has 0 atom stereocenters. The van der Waals surface area contributed by atoms with Crippen LogP contribution in [0.15, 0.2) is 42.5 Å². The first kappa shape index (κ1) is 18.7. The summed E-state index contributed by atoms with van der Waals surface area (Å²) in [7, 11) is 0. The van der Waals surface area contributed by atoms with Crippen LogP contribution >= 0.6 is 11.3 Å². The number of benzene rings is 2. The molecule has 2 aromatic carbocycles. The van der Waals surface area contributed by atoms with Crippen LogP contribution in [0, 0.1) is 5.82 Å². The predicted octanol–water partition coefficient (Wildman–Crippen LogP) is 3.73. The highest BCUT2D eigenvalue weighted by Crippen LogP contribution is 2.30. The minimum absolute atomic E-state index is 0.134. The number of hydrogen-bond donors (Lipinski definition) is 0. The molecule has 146 valence electrons. The number of hydrogen-bond acceptors (Lipinski definition) is 5. The van der Waals surface area contributed by atoms with Gasteiger partial charge in [-0.05, 0) is 42.8 Å². The van der Waals surface area contributed by atoms with Crippen molar-refractivity contribution in [2.75, 3.05) is 37.7 Å². The highest BCUT2D eigenvalue weighted by molar-refractivity contribution is 7.22. The van der Waals surface area contributed by atoms with E-state index in [2.05, 4.69) is 9.88 Å². The molecule has 1 fully saturated rings. The zero-order valence-corrected chi connectivity index (χ0v) is 16.5. The number of ether oxygens (including phenoxy) is 1. The molecule has 5 nitrogen and oxygen atoms in total. The van der Waals surface area contributed by atoms with Crippen molar-refractivity contribution in [1.29, 1.82) is 0 Å². The van der Waals surface area contributed by atoms with Crippen molar-refractivity contribution in [3.05, 3.63) is 53.8 Å². The van der Waals surface area contributed by atoms with E-state index in [9.17, 15) is 9.18 Å². The molecule has 0 unspecified atom stereocenters. The van der Waals surface area contributed by atoms with Gasteiger partial charge in [-0.3, -0.25) is 4.79 Å². The van der Waals surface area contributed by atoms with Crippen LogP contribution in [0.5, 0.6) is 5.75 Å². The van der Waals surface area contributed by atoms with Crippen LogP contribution in [0.4, 0.5) is 9.52 Å². The second-order valence-corrected chi connectivity index (χ2v) is 7.74. The maximum atomic E-state index is 13.4. The Labute approximate surface area is 167 Å². The van der Waals surface area contributed by atoms with E-state index in [1.165, 1.54) is 23.5 Å². The average molecular weight is 399 g/mol. The number of nitrogens with zero attached hydrogens (tertiary/aromatic N) is 3. The van der Waals surface area contributed by atoms with Crippen molar-refractivity contribution < 1.29 is 13.9 Å². The topological polar surface area (TPSA) is 45.7 Å². The van der Waals surface area contributed by atoms with Gasteiger partial charge in [-0.25, -0.2) is 9.37 Å². The Morgan fingerprint density at radius 3 is 2.61 bits per heavy atom. The molecule has 2 heterocycles. The Morgan fingerprint density at radius 2 is 1.89 bits per heavy atom. The van der Waals surface area contributed by atoms with Crippen LogP contribution in [-0.4, -0.2) is 48.6 Å². The maximum absolute atomic E-state index is 13.4. The van der Waals surface area contributed by atoms with Crippen LogP contribution in [0.2, 0.25) is 0 Å². The number of anilines is 1. The van der Waals surface area contributed by atoms with E-state index in [-0.39, 0.29) is 11.7 Å². The molecule has 1 aliphatic rings. The van der Waals surface area contributed by atoms with Gasteiger partial charge in [0.15, 0.2) is 5.13 Å². The fourth-order valence-corrected chi connectivity index (χ4v) is 4.37. The summed E-state index contributed by atoms with van der Waals surface area (Å²) in [5, 5.41) is 0.888. The minimum atomic E-state index is -0.243. The summed E-state index contributed by atoms with van der Waals surface area (Å²) in [6.07, 6.45) is 0.396. The number of rotatable bonds is 5. The van der Waals surface area contributed by atoms with Crippen molar-refractivity contribution in [2.24, 2.45) is 0 Å². The first-order valence-corrected chi connectivity index (χ1v) is 10.2. The summed E-state index contributed by atoms with van der Waals surface area (Å²) in [6.45, 7) is 5.38. The predicted molar refractivity (Wildman–Crippen MR) is 110 cm³/mol. The van der Waals surface area contributed by atoms with E-state index in [4.69, 9.17) is 4.74 Å². The number of piperazine rings is 1. The van der Waals surface area contributed by atoms with Crippen LogP contribution in [0.25, 0.3) is 10.2 Å². The second kappa shape index (κ2) is 8.14. The van der Waals surface area contributed by atoms with Crippen molar-refractivity contribution >= 4 is 32.6 Å². The third kappa shape index (κ3) is 4.09. The third-order valence-electron chi connectivity index (χ3n) is 4.83. The van der Waals surface area contributed by atoms with Gasteiger partial charge >= 0.3 is 0 Å². The smallest absolute Gasteiger partial charge is 0.227 e.